The van der Waals surface area contributed by atoms with Gasteiger partial charge in [-0.1, -0.05) is 6.92 Å². The molecule has 5 nitrogen and oxygen atoms in total. The number of nitrogens with zero attached hydrogens (tertiary/aromatic N) is 3. The van der Waals surface area contributed by atoms with E-state index < -0.39 is 0 Å². The topological polar surface area (TPSA) is 73.4 Å². The van der Waals surface area contributed by atoms with Crippen LogP contribution in [0.2, 0.25) is 0 Å². The van der Waals surface area contributed by atoms with Gasteiger partial charge in [0, 0.05) is 25.6 Å². The molecule has 0 aromatic carbocycles. The first-order valence-corrected chi connectivity index (χ1v) is 8.08. The molecule has 1 atom stereocenters. The molecule has 6 heteroatoms. The minimum atomic E-state index is 0.0172. The summed E-state index contributed by atoms with van der Waals surface area (Å²) in [5.74, 6) is 0.0172. The van der Waals surface area contributed by atoms with Crippen molar-refractivity contribution in [3.8, 4) is 6.07 Å². The first-order valence-electron chi connectivity index (χ1n) is 7.26. The number of rotatable bonds is 5. The zero-order valence-corrected chi connectivity index (χ0v) is 13.7. The Balaban J connectivity index is 2.39. The molecule has 0 aliphatic carbocycles. The van der Waals surface area contributed by atoms with Gasteiger partial charge in [0.05, 0.1) is 10.6 Å². The molecule has 2 N–H and O–H groups in total. The number of thiophene rings is 1. The third-order valence-electron chi connectivity index (χ3n) is 3.83. The van der Waals surface area contributed by atoms with E-state index in [1.165, 1.54) is 11.3 Å². The summed E-state index contributed by atoms with van der Waals surface area (Å²) in [7, 11) is 4.10. The molecule has 1 aliphatic heterocycles. The van der Waals surface area contributed by atoms with Gasteiger partial charge in [0.1, 0.15) is 16.6 Å². The predicted molar refractivity (Wildman–Crippen MR) is 87.0 cm³/mol. The zero-order valence-electron chi connectivity index (χ0n) is 12.8. The quantitative estimate of drug-likeness (QED) is 0.845. The van der Waals surface area contributed by atoms with Crippen molar-refractivity contribution >= 4 is 27.8 Å². The van der Waals surface area contributed by atoms with E-state index in [2.05, 4.69) is 30.0 Å². The minimum Gasteiger partial charge on any atom is -0.396 e. The van der Waals surface area contributed by atoms with Gasteiger partial charge < -0.3 is 15.5 Å². The molecule has 1 saturated heterocycles. The average molecular weight is 306 g/mol. The van der Waals surface area contributed by atoms with Crippen molar-refractivity contribution in [1.82, 2.24) is 4.90 Å². The van der Waals surface area contributed by atoms with E-state index in [-0.39, 0.29) is 5.78 Å². The van der Waals surface area contributed by atoms with Crippen LogP contribution in [0, 0.1) is 11.3 Å². The number of carbonyl (C=O) groups is 1. The van der Waals surface area contributed by atoms with E-state index in [0.717, 1.165) is 30.9 Å². The first kappa shape index (κ1) is 15.8. The standard InChI is InChI=1S/C15H22N4OS/c1-4-12(20)14-13(17)11(8-16)15(21-14)19-7-5-6-10(19)9-18(2)3/h10H,4-7,9,17H2,1-3H3. The molecule has 0 bridgehead atoms. The predicted octanol–water partition coefficient (Wildman–Crippen LogP) is 2.33. The summed E-state index contributed by atoms with van der Waals surface area (Å²) in [5, 5.41) is 10.3. The normalized spacial score (nSPS) is 18.2. The Morgan fingerprint density at radius 2 is 2.29 bits per heavy atom. The van der Waals surface area contributed by atoms with Crippen molar-refractivity contribution in [2.45, 2.75) is 32.2 Å². The van der Waals surface area contributed by atoms with Crippen LogP contribution in [0.4, 0.5) is 10.7 Å². The number of hydrogen-bond donors (Lipinski definition) is 1. The third-order valence-corrected chi connectivity index (χ3v) is 5.11. The Morgan fingerprint density at radius 3 is 2.86 bits per heavy atom. The largest absolute Gasteiger partial charge is 0.396 e. The fourth-order valence-corrected chi connectivity index (χ4v) is 4.10. The number of carbonyl (C=O) groups excluding carboxylic acids is 1. The summed E-state index contributed by atoms with van der Waals surface area (Å²) in [6.45, 7) is 3.69. The van der Waals surface area contributed by atoms with E-state index in [1.54, 1.807) is 0 Å². The maximum atomic E-state index is 12.0. The smallest absolute Gasteiger partial charge is 0.174 e. The highest BCUT2D eigenvalue weighted by Gasteiger charge is 2.31. The fourth-order valence-electron chi connectivity index (χ4n) is 2.82. The fraction of sp³-hybridized carbons (Fsp3) is 0.600. The molecule has 1 aromatic rings. The van der Waals surface area contributed by atoms with Crippen LogP contribution < -0.4 is 10.6 Å². The number of likely N-dealkylation sites (N-methyl/N-ethyl adjacent to an activating group) is 1. The lowest BCUT2D eigenvalue weighted by atomic mass is 10.1. The first-order chi connectivity index (χ1) is 9.99. The number of nitrogens with two attached hydrogens (primary N) is 1. The molecule has 114 valence electrons. The highest BCUT2D eigenvalue weighted by atomic mass is 32.1. The summed E-state index contributed by atoms with van der Waals surface area (Å²) in [6, 6.07) is 2.58. The highest BCUT2D eigenvalue weighted by Crippen LogP contribution is 2.41. The van der Waals surface area contributed by atoms with E-state index >= 15 is 0 Å². The van der Waals surface area contributed by atoms with Gasteiger partial charge in [-0.25, -0.2) is 0 Å². The molecule has 0 spiro atoms. The van der Waals surface area contributed by atoms with Crippen molar-refractivity contribution in [3.63, 3.8) is 0 Å². The SMILES string of the molecule is CCC(=O)c1sc(N2CCCC2CN(C)C)c(C#N)c1N. The highest BCUT2D eigenvalue weighted by molar-refractivity contribution is 7.19. The van der Waals surface area contributed by atoms with Gasteiger partial charge in [0.2, 0.25) is 0 Å². The molecule has 1 aliphatic rings. The molecular formula is C15H22N4OS. The molecule has 0 saturated carbocycles. The second kappa shape index (κ2) is 6.46. The number of hydrogen-bond acceptors (Lipinski definition) is 6. The second-order valence-electron chi connectivity index (χ2n) is 5.67. The van der Waals surface area contributed by atoms with Gasteiger partial charge in [0.15, 0.2) is 5.78 Å². The lowest BCUT2D eigenvalue weighted by Crippen LogP contribution is -2.37. The monoisotopic (exact) mass is 306 g/mol. The summed E-state index contributed by atoms with van der Waals surface area (Å²) in [5.41, 5.74) is 6.87. The van der Waals surface area contributed by atoms with E-state index in [4.69, 9.17) is 5.73 Å². The van der Waals surface area contributed by atoms with Gasteiger partial charge in [-0.3, -0.25) is 4.79 Å². The average Bonchev–Trinajstić information content (AvgIpc) is 3.01. The van der Waals surface area contributed by atoms with Crippen LogP contribution in [-0.4, -0.2) is 43.9 Å². The van der Waals surface area contributed by atoms with Crippen molar-refractivity contribution in [2.75, 3.05) is 37.8 Å². The Hall–Kier alpha value is -1.58. The van der Waals surface area contributed by atoms with Gasteiger partial charge in [-0.2, -0.15) is 5.26 Å². The Morgan fingerprint density at radius 1 is 1.57 bits per heavy atom. The van der Waals surface area contributed by atoms with Crippen LogP contribution in [0.15, 0.2) is 0 Å². The summed E-state index contributed by atoms with van der Waals surface area (Å²) in [6.07, 6.45) is 2.63. The second-order valence-corrected chi connectivity index (χ2v) is 6.66. The van der Waals surface area contributed by atoms with Gasteiger partial charge in [-0.05, 0) is 26.9 Å². The summed E-state index contributed by atoms with van der Waals surface area (Å²) >= 11 is 1.38. The molecular weight excluding hydrogens is 284 g/mol. The molecule has 21 heavy (non-hydrogen) atoms. The van der Waals surface area contributed by atoms with E-state index in [9.17, 15) is 10.1 Å². The van der Waals surface area contributed by atoms with Crippen LogP contribution in [0.5, 0.6) is 0 Å². The number of nitrogen functional groups attached to an aromatic ring is 1. The summed E-state index contributed by atoms with van der Waals surface area (Å²) in [4.78, 5) is 16.9. The lowest BCUT2D eigenvalue weighted by Gasteiger charge is -2.28. The van der Waals surface area contributed by atoms with Crippen molar-refractivity contribution in [3.05, 3.63) is 10.4 Å². The maximum Gasteiger partial charge on any atom is 0.174 e. The Kier molecular flexibility index (Phi) is 4.86. The maximum absolute atomic E-state index is 12.0. The van der Waals surface area contributed by atoms with Crippen LogP contribution in [0.25, 0.3) is 0 Å². The van der Waals surface area contributed by atoms with Gasteiger partial charge in [0.25, 0.3) is 0 Å². The van der Waals surface area contributed by atoms with Crippen molar-refractivity contribution < 1.29 is 4.79 Å². The Labute approximate surface area is 129 Å². The molecule has 2 heterocycles. The number of anilines is 2. The van der Waals surface area contributed by atoms with Crippen molar-refractivity contribution in [1.29, 1.82) is 5.26 Å². The summed E-state index contributed by atoms with van der Waals surface area (Å²) < 4.78 is 0. The van der Waals surface area contributed by atoms with E-state index in [1.807, 2.05) is 6.92 Å². The van der Waals surface area contributed by atoms with Gasteiger partial charge >= 0.3 is 0 Å². The van der Waals surface area contributed by atoms with Crippen molar-refractivity contribution in [2.24, 2.45) is 0 Å². The van der Waals surface area contributed by atoms with Crippen LogP contribution in [0.3, 0.4) is 0 Å². The van der Waals surface area contributed by atoms with Gasteiger partial charge in [-0.15, -0.1) is 11.3 Å². The third kappa shape index (κ3) is 3.04. The molecule has 1 unspecified atom stereocenters. The molecule has 1 aromatic heterocycles. The molecule has 0 radical (unpaired) electrons. The number of Topliss-reactive ketones (excluding diaryl/α,β-unsaturated/α-hetero) is 1. The van der Waals surface area contributed by atoms with Crippen LogP contribution in [-0.2, 0) is 0 Å². The van der Waals surface area contributed by atoms with Crippen LogP contribution in [0.1, 0.15) is 41.4 Å². The molecule has 0 amide bonds. The minimum absolute atomic E-state index is 0.0172. The molecule has 1 fully saturated rings. The molecule has 2 rings (SSSR count). The number of nitriles is 1. The lowest BCUT2D eigenvalue weighted by molar-refractivity contribution is 0.0993. The zero-order chi connectivity index (χ0) is 15.6. The van der Waals surface area contributed by atoms with Crippen LogP contribution >= 0.6 is 11.3 Å². The Bertz CT molecular complexity index is 573. The van der Waals surface area contributed by atoms with E-state index in [0.29, 0.717) is 28.6 Å². The number of ketones is 1.